The van der Waals surface area contributed by atoms with E-state index in [2.05, 4.69) is 10.1 Å². The van der Waals surface area contributed by atoms with Crippen molar-refractivity contribution >= 4 is 5.91 Å². The lowest BCUT2D eigenvalue weighted by molar-refractivity contribution is 0.0295. The second-order valence-corrected chi connectivity index (χ2v) is 5.71. The van der Waals surface area contributed by atoms with E-state index in [9.17, 15) is 4.79 Å². The Bertz CT molecular complexity index is 737. The van der Waals surface area contributed by atoms with Gasteiger partial charge in [-0.3, -0.25) is 9.48 Å². The molecule has 2 aliphatic heterocycles. The number of ether oxygens (including phenoxy) is 1. The van der Waals surface area contributed by atoms with Gasteiger partial charge in [0.05, 0.1) is 18.0 Å². The van der Waals surface area contributed by atoms with Crippen LogP contribution in [0.2, 0.25) is 0 Å². The summed E-state index contributed by atoms with van der Waals surface area (Å²) in [6.45, 7) is 0. The van der Waals surface area contributed by atoms with Gasteiger partial charge in [-0.15, -0.1) is 0 Å². The summed E-state index contributed by atoms with van der Waals surface area (Å²) in [6, 6.07) is 1.78. The number of aromatic nitrogens is 3. The van der Waals surface area contributed by atoms with E-state index in [1.165, 1.54) is 5.56 Å². The van der Waals surface area contributed by atoms with Gasteiger partial charge in [0.2, 0.25) is 0 Å². The zero-order valence-electron chi connectivity index (χ0n) is 11.7. The Hall–Kier alpha value is -2.21. The van der Waals surface area contributed by atoms with Crippen molar-refractivity contribution in [1.82, 2.24) is 14.8 Å². The summed E-state index contributed by atoms with van der Waals surface area (Å²) in [7, 11) is 1.87. The van der Waals surface area contributed by atoms with Gasteiger partial charge in [0.25, 0.3) is 5.91 Å². The molecule has 0 saturated carbocycles. The molecule has 2 aromatic rings. The summed E-state index contributed by atoms with van der Waals surface area (Å²) >= 11 is 0. The third kappa shape index (κ3) is 1.94. The Morgan fingerprint density at radius 2 is 2.33 bits per heavy atom. The summed E-state index contributed by atoms with van der Waals surface area (Å²) in [6.07, 6.45) is 6.84. The lowest BCUT2D eigenvalue weighted by Gasteiger charge is -2.25. The fourth-order valence-electron chi connectivity index (χ4n) is 3.30. The van der Waals surface area contributed by atoms with Crippen LogP contribution in [0.25, 0.3) is 11.1 Å². The summed E-state index contributed by atoms with van der Waals surface area (Å²) in [4.78, 5) is 16.0. The number of hydrogen-bond donors (Lipinski definition) is 1. The van der Waals surface area contributed by atoms with E-state index in [0.29, 0.717) is 5.69 Å². The number of carbonyl (C=O) groups is 1. The molecule has 2 unspecified atom stereocenters. The van der Waals surface area contributed by atoms with Gasteiger partial charge in [0.15, 0.2) is 0 Å². The molecular weight excluding hydrogens is 268 g/mol. The van der Waals surface area contributed by atoms with Crippen molar-refractivity contribution < 1.29 is 9.53 Å². The van der Waals surface area contributed by atoms with Crippen LogP contribution in [0, 0.1) is 0 Å². The molecule has 2 aliphatic rings. The Morgan fingerprint density at radius 1 is 1.48 bits per heavy atom. The van der Waals surface area contributed by atoms with Crippen molar-refractivity contribution in [3.05, 3.63) is 35.4 Å². The van der Waals surface area contributed by atoms with E-state index in [4.69, 9.17) is 10.5 Å². The van der Waals surface area contributed by atoms with Crippen LogP contribution >= 0.6 is 0 Å². The number of carbonyl (C=O) groups excluding carboxylic acids is 1. The number of nitrogens with zero attached hydrogens (tertiary/aromatic N) is 3. The summed E-state index contributed by atoms with van der Waals surface area (Å²) in [5.41, 5.74) is 9.76. The topological polar surface area (TPSA) is 83.0 Å². The molecule has 0 aliphatic carbocycles. The maximum absolute atomic E-state index is 11.6. The number of amides is 1. The first-order chi connectivity index (χ1) is 10.1. The largest absolute Gasteiger partial charge is 0.368 e. The van der Waals surface area contributed by atoms with E-state index >= 15 is 0 Å². The van der Waals surface area contributed by atoms with Crippen LogP contribution in [0.1, 0.15) is 40.7 Å². The molecule has 0 radical (unpaired) electrons. The molecule has 2 bridgehead atoms. The van der Waals surface area contributed by atoms with Gasteiger partial charge in [-0.05, 0) is 30.0 Å². The molecule has 1 amide bonds. The molecule has 0 spiro atoms. The van der Waals surface area contributed by atoms with Gasteiger partial charge in [0, 0.05) is 25.2 Å². The van der Waals surface area contributed by atoms with Gasteiger partial charge >= 0.3 is 0 Å². The third-order valence-electron chi connectivity index (χ3n) is 4.27. The van der Waals surface area contributed by atoms with Crippen LogP contribution in [0.4, 0.5) is 0 Å². The van der Waals surface area contributed by atoms with Crippen LogP contribution in [0.15, 0.2) is 18.5 Å². The SMILES string of the molecule is Cn1cc(-c2cc(C(N)=O)nc3c2CC2CCC3O2)cn1. The first-order valence-corrected chi connectivity index (χ1v) is 7.10. The highest BCUT2D eigenvalue weighted by Crippen LogP contribution is 2.43. The molecule has 6 heteroatoms. The minimum Gasteiger partial charge on any atom is -0.368 e. The zero-order chi connectivity index (χ0) is 14.6. The second-order valence-electron chi connectivity index (χ2n) is 5.71. The number of pyridine rings is 1. The quantitative estimate of drug-likeness (QED) is 0.902. The van der Waals surface area contributed by atoms with Gasteiger partial charge < -0.3 is 10.5 Å². The summed E-state index contributed by atoms with van der Waals surface area (Å²) in [5, 5.41) is 4.22. The predicted octanol–water partition coefficient (Wildman–Crippen LogP) is 1.36. The van der Waals surface area contributed by atoms with Crippen molar-refractivity contribution in [1.29, 1.82) is 0 Å². The maximum atomic E-state index is 11.6. The maximum Gasteiger partial charge on any atom is 0.267 e. The Labute approximate surface area is 121 Å². The van der Waals surface area contributed by atoms with Gasteiger partial charge in [-0.25, -0.2) is 4.98 Å². The highest BCUT2D eigenvalue weighted by molar-refractivity contribution is 5.92. The van der Waals surface area contributed by atoms with E-state index in [0.717, 1.165) is 36.1 Å². The Morgan fingerprint density at radius 3 is 3.05 bits per heavy atom. The number of rotatable bonds is 2. The van der Waals surface area contributed by atoms with E-state index in [1.807, 2.05) is 13.2 Å². The van der Waals surface area contributed by atoms with Crippen molar-refractivity contribution in [2.24, 2.45) is 12.8 Å². The lowest BCUT2D eigenvalue weighted by atomic mass is 9.94. The molecule has 108 valence electrons. The predicted molar refractivity (Wildman–Crippen MR) is 75.5 cm³/mol. The zero-order valence-corrected chi connectivity index (χ0v) is 11.7. The van der Waals surface area contributed by atoms with Gasteiger partial charge in [-0.2, -0.15) is 5.10 Å². The summed E-state index contributed by atoms with van der Waals surface area (Å²) in [5.74, 6) is -0.511. The first-order valence-electron chi connectivity index (χ1n) is 7.10. The molecule has 0 aromatic carbocycles. The average Bonchev–Trinajstić information content (AvgIpc) is 3.05. The lowest BCUT2D eigenvalue weighted by Crippen LogP contribution is -2.23. The van der Waals surface area contributed by atoms with Crippen molar-refractivity contribution in [3.63, 3.8) is 0 Å². The molecule has 1 saturated heterocycles. The van der Waals surface area contributed by atoms with Crippen molar-refractivity contribution in [2.45, 2.75) is 31.5 Å². The second kappa shape index (κ2) is 4.39. The van der Waals surface area contributed by atoms with Gasteiger partial charge in [-0.1, -0.05) is 0 Å². The van der Waals surface area contributed by atoms with Crippen LogP contribution in [-0.4, -0.2) is 26.8 Å². The molecule has 4 heterocycles. The molecule has 2 N–H and O–H groups in total. The highest BCUT2D eigenvalue weighted by Gasteiger charge is 2.37. The number of nitrogens with two attached hydrogens (primary N) is 1. The number of fused-ring (bicyclic) bond motifs is 4. The third-order valence-corrected chi connectivity index (χ3v) is 4.27. The van der Waals surface area contributed by atoms with E-state index in [1.54, 1.807) is 16.9 Å². The number of primary amides is 1. The molecule has 2 aromatic heterocycles. The monoisotopic (exact) mass is 284 g/mol. The average molecular weight is 284 g/mol. The van der Waals surface area contributed by atoms with E-state index < -0.39 is 5.91 Å². The van der Waals surface area contributed by atoms with Crippen LogP contribution in [-0.2, 0) is 18.2 Å². The molecular formula is C15H16N4O2. The fourth-order valence-corrected chi connectivity index (χ4v) is 3.30. The van der Waals surface area contributed by atoms with Crippen molar-refractivity contribution in [3.8, 4) is 11.1 Å². The van der Waals surface area contributed by atoms with Crippen LogP contribution in [0.3, 0.4) is 0 Å². The number of hydrogen-bond acceptors (Lipinski definition) is 4. The smallest absolute Gasteiger partial charge is 0.267 e. The Balaban J connectivity index is 1.95. The molecule has 21 heavy (non-hydrogen) atoms. The normalized spacial score (nSPS) is 23.1. The Kier molecular flexibility index (Phi) is 2.62. The van der Waals surface area contributed by atoms with Crippen LogP contribution in [0.5, 0.6) is 0 Å². The fraction of sp³-hybridized carbons (Fsp3) is 0.400. The van der Waals surface area contributed by atoms with Crippen LogP contribution < -0.4 is 5.73 Å². The van der Waals surface area contributed by atoms with E-state index in [-0.39, 0.29) is 12.2 Å². The molecule has 1 fully saturated rings. The summed E-state index contributed by atoms with van der Waals surface area (Å²) < 4.78 is 7.67. The minimum absolute atomic E-state index is 0.00604. The minimum atomic E-state index is -0.511. The van der Waals surface area contributed by atoms with Crippen molar-refractivity contribution in [2.75, 3.05) is 0 Å². The van der Waals surface area contributed by atoms with Gasteiger partial charge in [0.1, 0.15) is 11.8 Å². The standard InChI is InChI=1S/C15H16N4O2/c1-19-7-8(6-17-19)10-5-12(15(16)20)18-14-11(10)4-9-2-3-13(14)21-9/h5-7,9,13H,2-4H2,1H3,(H2,16,20). The first kappa shape index (κ1) is 12.5. The number of aryl methyl sites for hydroxylation is 1. The molecule has 4 rings (SSSR count). The molecule has 2 atom stereocenters. The highest BCUT2D eigenvalue weighted by atomic mass is 16.5. The molecule has 6 nitrogen and oxygen atoms in total.